The third-order valence-corrected chi connectivity index (χ3v) is 5.06. The van der Waals surface area contributed by atoms with E-state index in [0.29, 0.717) is 17.7 Å². The molecule has 0 bridgehead atoms. The Morgan fingerprint density at radius 3 is 2.21 bits per heavy atom. The van der Waals surface area contributed by atoms with Gasteiger partial charge in [-0.2, -0.15) is 0 Å². The van der Waals surface area contributed by atoms with Crippen LogP contribution in [0.4, 0.5) is 0 Å². The molecule has 1 aliphatic carbocycles. The van der Waals surface area contributed by atoms with Crippen LogP contribution in [-0.4, -0.2) is 45.0 Å². The number of fused-ring (bicyclic) bond motifs is 3. The van der Waals surface area contributed by atoms with Crippen LogP contribution in [0, 0.1) is 0 Å². The summed E-state index contributed by atoms with van der Waals surface area (Å²) in [5, 5.41) is 0. The first-order valence-corrected chi connectivity index (χ1v) is 8.71. The fourth-order valence-electron chi connectivity index (χ4n) is 3.85. The maximum Gasteiger partial charge on any atom is 0.342 e. The first kappa shape index (κ1) is 18.0. The van der Waals surface area contributed by atoms with E-state index in [-0.39, 0.29) is 51.2 Å². The van der Waals surface area contributed by atoms with Crippen LogP contribution in [0.15, 0.2) is 18.2 Å². The SMILES string of the molecule is COc1cc(OC)c2c(c1)C(=O)c1cc3c(c(OC)c1C2=O)C(=O)O[C@@H](C)C3. The van der Waals surface area contributed by atoms with E-state index >= 15 is 0 Å². The molecule has 7 nitrogen and oxygen atoms in total. The number of benzene rings is 2. The zero-order valence-electron chi connectivity index (χ0n) is 15.9. The van der Waals surface area contributed by atoms with Crippen molar-refractivity contribution in [3.63, 3.8) is 0 Å². The summed E-state index contributed by atoms with van der Waals surface area (Å²) < 4.78 is 21.3. The van der Waals surface area contributed by atoms with Gasteiger partial charge in [0.05, 0.1) is 32.5 Å². The second-order valence-electron chi connectivity index (χ2n) is 6.70. The molecule has 0 amide bonds. The number of carbonyl (C=O) groups excluding carboxylic acids is 3. The number of ketones is 2. The molecular formula is C21H18O7. The van der Waals surface area contributed by atoms with Crippen molar-refractivity contribution < 1.29 is 33.3 Å². The van der Waals surface area contributed by atoms with Crippen LogP contribution in [0.2, 0.25) is 0 Å². The van der Waals surface area contributed by atoms with Crippen LogP contribution in [0.3, 0.4) is 0 Å². The summed E-state index contributed by atoms with van der Waals surface area (Å²) in [6, 6.07) is 4.65. The van der Waals surface area contributed by atoms with Crippen LogP contribution >= 0.6 is 0 Å². The molecule has 0 N–H and O–H groups in total. The molecule has 7 heteroatoms. The Kier molecular flexibility index (Phi) is 4.10. The van der Waals surface area contributed by atoms with Gasteiger partial charge in [-0.3, -0.25) is 9.59 Å². The van der Waals surface area contributed by atoms with E-state index in [1.807, 2.05) is 0 Å². The number of esters is 1. The summed E-state index contributed by atoms with van der Waals surface area (Å²) in [7, 11) is 4.24. The van der Waals surface area contributed by atoms with Crippen molar-refractivity contribution >= 4 is 17.5 Å². The Morgan fingerprint density at radius 2 is 1.57 bits per heavy atom. The predicted octanol–water partition coefficient (Wildman–Crippen LogP) is 2.59. The van der Waals surface area contributed by atoms with E-state index in [1.54, 1.807) is 13.0 Å². The number of hydrogen-bond acceptors (Lipinski definition) is 7. The zero-order chi connectivity index (χ0) is 20.2. The molecule has 2 aromatic carbocycles. The Morgan fingerprint density at radius 1 is 0.857 bits per heavy atom. The minimum absolute atomic E-state index is 0.0497. The van der Waals surface area contributed by atoms with Crippen LogP contribution in [0.25, 0.3) is 0 Å². The molecule has 1 atom stereocenters. The van der Waals surface area contributed by atoms with Gasteiger partial charge in [0.2, 0.25) is 5.78 Å². The summed E-state index contributed by atoms with van der Waals surface area (Å²) in [4.78, 5) is 39.1. The normalized spacial score (nSPS) is 17.3. The number of cyclic esters (lactones) is 1. The second kappa shape index (κ2) is 6.37. The molecule has 0 unspecified atom stereocenters. The van der Waals surface area contributed by atoms with Gasteiger partial charge in [-0.15, -0.1) is 0 Å². The highest BCUT2D eigenvalue weighted by molar-refractivity contribution is 6.31. The van der Waals surface area contributed by atoms with Gasteiger partial charge in [-0.1, -0.05) is 0 Å². The molecule has 0 fully saturated rings. The molecule has 0 saturated heterocycles. The largest absolute Gasteiger partial charge is 0.497 e. The molecule has 1 heterocycles. The molecule has 0 saturated carbocycles. The van der Waals surface area contributed by atoms with Gasteiger partial charge in [0, 0.05) is 23.6 Å². The van der Waals surface area contributed by atoms with Crippen LogP contribution in [-0.2, 0) is 11.2 Å². The lowest BCUT2D eigenvalue weighted by atomic mass is 9.79. The van der Waals surface area contributed by atoms with E-state index < -0.39 is 11.8 Å². The lowest BCUT2D eigenvalue weighted by Gasteiger charge is -2.28. The van der Waals surface area contributed by atoms with E-state index in [0.717, 1.165) is 0 Å². The zero-order valence-corrected chi connectivity index (χ0v) is 15.9. The van der Waals surface area contributed by atoms with Crippen molar-refractivity contribution in [2.24, 2.45) is 0 Å². The van der Waals surface area contributed by atoms with Gasteiger partial charge in [-0.25, -0.2) is 4.79 Å². The smallest absolute Gasteiger partial charge is 0.342 e. The summed E-state index contributed by atoms with van der Waals surface area (Å²) in [5.74, 6) is -0.686. The van der Waals surface area contributed by atoms with E-state index in [1.165, 1.54) is 33.5 Å². The Bertz CT molecular complexity index is 1050. The van der Waals surface area contributed by atoms with Crippen molar-refractivity contribution in [3.05, 3.63) is 51.6 Å². The fraction of sp³-hybridized carbons (Fsp3) is 0.286. The highest BCUT2D eigenvalue weighted by Gasteiger charge is 2.40. The predicted molar refractivity (Wildman–Crippen MR) is 98.0 cm³/mol. The fourth-order valence-corrected chi connectivity index (χ4v) is 3.85. The summed E-state index contributed by atoms with van der Waals surface area (Å²) in [6.07, 6.45) is 0.102. The summed E-state index contributed by atoms with van der Waals surface area (Å²) >= 11 is 0. The third kappa shape index (κ3) is 2.39. The standard InChI is InChI=1S/C21H18O7/c1-9-5-10-6-12-17(20(27-4)15(10)21(24)28-9)19(23)16-13(18(12)22)7-11(25-2)8-14(16)26-3/h6-9H,5H2,1-4H3/t9-/m0/s1. The minimum Gasteiger partial charge on any atom is -0.497 e. The van der Waals surface area contributed by atoms with Crippen molar-refractivity contribution in [1.29, 1.82) is 0 Å². The van der Waals surface area contributed by atoms with Crippen molar-refractivity contribution in [2.45, 2.75) is 19.4 Å². The van der Waals surface area contributed by atoms with Crippen LogP contribution in [0.5, 0.6) is 17.2 Å². The summed E-state index contributed by atoms with van der Waals surface area (Å²) in [5.41, 5.74) is 1.38. The molecule has 1 aliphatic heterocycles. The molecule has 0 radical (unpaired) electrons. The molecule has 0 aromatic heterocycles. The topological polar surface area (TPSA) is 88.1 Å². The average molecular weight is 382 g/mol. The number of ether oxygens (including phenoxy) is 4. The molecule has 4 rings (SSSR count). The quantitative estimate of drug-likeness (QED) is 0.643. The number of methoxy groups -OCH3 is 3. The van der Waals surface area contributed by atoms with Crippen LogP contribution in [0.1, 0.15) is 54.7 Å². The first-order chi connectivity index (χ1) is 13.4. The molecule has 2 aromatic rings. The van der Waals surface area contributed by atoms with Gasteiger partial charge in [0.15, 0.2) is 5.78 Å². The molecule has 2 aliphatic rings. The van der Waals surface area contributed by atoms with Crippen molar-refractivity contribution in [3.8, 4) is 17.2 Å². The van der Waals surface area contributed by atoms with E-state index in [2.05, 4.69) is 0 Å². The van der Waals surface area contributed by atoms with Gasteiger partial charge in [0.25, 0.3) is 0 Å². The third-order valence-electron chi connectivity index (χ3n) is 5.06. The second-order valence-corrected chi connectivity index (χ2v) is 6.70. The van der Waals surface area contributed by atoms with Gasteiger partial charge in [-0.05, 0) is 24.6 Å². The molecular weight excluding hydrogens is 364 g/mol. The number of hydrogen-bond donors (Lipinski definition) is 0. The molecule has 28 heavy (non-hydrogen) atoms. The number of rotatable bonds is 3. The van der Waals surface area contributed by atoms with Crippen molar-refractivity contribution in [1.82, 2.24) is 0 Å². The van der Waals surface area contributed by atoms with E-state index in [4.69, 9.17) is 18.9 Å². The Hall–Kier alpha value is -3.35. The van der Waals surface area contributed by atoms with Gasteiger partial charge < -0.3 is 18.9 Å². The molecule has 144 valence electrons. The van der Waals surface area contributed by atoms with Crippen molar-refractivity contribution in [2.75, 3.05) is 21.3 Å². The number of carbonyl (C=O) groups is 3. The van der Waals surface area contributed by atoms with Gasteiger partial charge >= 0.3 is 5.97 Å². The van der Waals surface area contributed by atoms with Crippen LogP contribution < -0.4 is 14.2 Å². The maximum absolute atomic E-state index is 13.4. The Balaban J connectivity index is 2.04. The summed E-state index contributed by atoms with van der Waals surface area (Å²) in [6.45, 7) is 1.77. The highest BCUT2D eigenvalue weighted by Crippen LogP contribution is 2.43. The first-order valence-electron chi connectivity index (χ1n) is 8.71. The average Bonchev–Trinajstić information content (AvgIpc) is 2.69. The van der Waals surface area contributed by atoms with E-state index in [9.17, 15) is 14.4 Å². The highest BCUT2D eigenvalue weighted by atomic mass is 16.5. The van der Waals surface area contributed by atoms with Gasteiger partial charge in [0.1, 0.15) is 28.9 Å². The molecule has 0 spiro atoms. The minimum atomic E-state index is -0.568. The lowest BCUT2D eigenvalue weighted by Crippen LogP contribution is -2.29. The maximum atomic E-state index is 13.4. The Labute approximate surface area is 161 Å². The monoisotopic (exact) mass is 382 g/mol. The lowest BCUT2D eigenvalue weighted by molar-refractivity contribution is 0.0296.